The summed E-state index contributed by atoms with van der Waals surface area (Å²) in [7, 11) is 4.63. The molecule has 2 aliphatic heterocycles. The topological polar surface area (TPSA) is 49.7 Å². The van der Waals surface area contributed by atoms with Gasteiger partial charge in [0.15, 0.2) is 11.5 Å². The van der Waals surface area contributed by atoms with Crippen LogP contribution in [-0.2, 0) is 11.8 Å². The van der Waals surface area contributed by atoms with Crippen molar-refractivity contribution in [3.63, 3.8) is 0 Å². The molecule has 2 heterocycles. The molecule has 4 aliphatic rings. The van der Waals surface area contributed by atoms with E-state index in [-0.39, 0.29) is 17.3 Å². The lowest BCUT2D eigenvalue weighted by Gasteiger charge is -2.58. The normalized spacial score (nSPS) is 42.7. The molecule has 5 rings (SSSR count). The molecule has 2 aliphatic carbocycles. The molecular formula is C18H22NO3+. The minimum absolute atomic E-state index is 0.158. The molecule has 0 saturated carbocycles. The summed E-state index contributed by atoms with van der Waals surface area (Å²) in [6.45, 7) is 1.08. The number of quaternary nitrogens is 1. The summed E-state index contributed by atoms with van der Waals surface area (Å²) < 4.78 is 7.14. The van der Waals surface area contributed by atoms with Crippen LogP contribution in [0.25, 0.3) is 0 Å². The second kappa shape index (κ2) is 3.69. The molecule has 4 nitrogen and oxygen atoms in total. The quantitative estimate of drug-likeness (QED) is 0.561. The number of aliphatic hydroxyl groups excluding tert-OH is 1. The van der Waals surface area contributed by atoms with E-state index < -0.39 is 6.10 Å². The molecule has 5 atom stereocenters. The van der Waals surface area contributed by atoms with Gasteiger partial charge in [-0.05, 0) is 11.6 Å². The maximum absolute atomic E-state index is 10.5. The number of aromatic hydroxyl groups is 1. The van der Waals surface area contributed by atoms with Crippen LogP contribution in [0.4, 0.5) is 0 Å². The number of aliphatic hydroxyl groups is 1. The predicted octanol–water partition coefficient (Wildman–Crippen LogP) is 1.34. The van der Waals surface area contributed by atoms with Gasteiger partial charge in [0, 0.05) is 24.3 Å². The zero-order chi connectivity index (χ0) is 15.3. The van der Waals surface area contributed by atoms with Crippen LogP contribution in [0.3, 0.4) is 0 Å². The Hall–Kier alpha value is -1.52. The van der Waals surface area contributed by atoms with E-state index in [0.29, 0.717) is 17.7 Å². The van der Waals surface area contributed by atoms with Crippen LogP contribution < -0.4 is 4.74 Å². The Bertz CT molecular complexity index is 711. The standard InChI is InChI=1S/C18H21NO3/c1-19(2)8-7-18-11-4-6-14(21)17(18)22-16-13(20)5-3-10(15(16)18)9-12(11)19/h3-6,11-12,14,17,21H,7-9H2,1-2H3/p+1/t11-,12?,14-,17-,18-/m0/s1. The molecule has 1 unspecified atom stereocenters. The Morgan fingerprint density at radius 2 is 2.09 bits per heavy atom. The van der Waals surface area contributed by atoms with Gasteiger partial charge in [0.05, 0.1) is 26.1 Å². The Kier molecular flexibility index (Phi) is 2.17. The van der Waals surface area contributed by atoms with Crippen molar-refractivity contribution in [1.82, 2.24) is 0 Å². The highest BCUT2D eigenvalue weighted by molar-refractivity contribution is 5.61. The maximum Gasteiger partial charge on any atom is 0.165 e. The van der Waals surface area contributed by atoms with Gasteiger partial charge < -0.3 is 19.4 Å². The molecule has 0 amide bonds. The van der Waals surface area contributed by atoms with Crippen LogP contribution in [0.5, 0.6) is 11.5 Å². The summed E-state index contributed by atoms with van der Waals surface area (Å²) in [5, 5.41) is 20.8. The molecule has 1 saturated heterocycles. The summed E-state index contributed by atoms with van der Waals surface area (Å²) >= 11 is 0. The number of phenols is 1. The van der Waals surface area contributed by atoms with Gasteiger partial charge >= 0.3 is 0 Å². The average molecular weight is 300 g/mol. The molecule has 1 fully saturated rings. The van der Waals surface area contributed by atoms with Crippen molar-refractivity contribution in [2.24, 2.45) is 5.92 Å². The van der Waals surface area contributed by atoms with E-state index in [0.717, 1.165) is 23.9 Å². The van der Waals surface area contributed by atoms with E-state index in [9.17, 15) is 10.2 Å². The second-order valence-corrected chi connectivity index (χ2v) is 7.95. The highest BCUT2D eigenvalue weighted by atomic mass is 16.5. The van der Waals surface area contributed by atoms with Gasteiger partial charge in [-0.3, -0.25) is 0 Å². The number of hydrogen-bond acceptors (Lipinski definition) is 3. The van der Waals surface area contributed by atoms with Crippen LogP contribution >= 0.6 is 0 Å². The molecule has 1 aromatic rings. The molecular weight excluding hydrogens is 278 g/mol. The van der Waals surface area contributed by atoms with Crippen molar-refractivity contribution in [3.8, 4) is 11.5 Å². The Labute approximate surface area is 130 Å². The number of piperidine rings is 1. The van der Waals surface area contributed by atoms with Crippen LogP contribution in [0.2, 0.25) is 0 Å². The summed E-state index contributed by atoms with van der Waals surface area (Å²) in [5.41, 5.74) is 2.32. The highest BCUT2D eigenvalue weighted by Crippen LogP contribution is 2.63. The first-order valence-corrected chi connectivity index (χ1v) is 8.16. The number of hydrogen-bond donors (Lipinski definition) is 2. The van der Waals surface area contributed by atoms with E-state index in [1.165, 1.54) is 11.1 Å². The minimum Gasteiger partial charge on any atom is -0.504 e. The fourth-order valence-electron chi connectivity index (χ4n) is 5.60. The first-order valence-electron chi connectivity index (χ1n) is 8.16. The molecule has 0 aromatic heterocycles. The number of phenolic OH excluding ortho intramolecular Hbond substituents is 1. The zero-order valence-corrected chi connectivity index (χ0v) is 13.0. The lowest BCUT2D eigenvalue weighted by molar-refractivity contribution is -0.926. The van der Waals surface area contributed by atoms with E-state index in [2.05, 4.69) is 26.2 Å². The van der Waals surface area contributed by atoms with Crippen LogP contribution in [0.1, 0.15) is 17.5 Å². The summed E-state index contributed by atoms with van der Waals surface area (Å²) in [6, 6.07) is 4.31. The zero-order valence-electron chi connectivity index (χ0n) is 13.0. The lowest BCUT2D eigenvalue weighted by atomic mass is 9.53. The van der Waals surface area contributed by atoms with Crippen molar-refractivity contribution in [1.29, 1.82) is 0 Å². The highest BCUT2D eigenvalue weighted by Gasteiger charge is 2.67. The monoisotopic (exact) mass is 300 g/mol. The molecule has 116 valence electrons. The van der Waals surface area contributed by atoms with E-state index in [1.54, 1.807) is 6.07 Å². The lowest BCUT2D eigenvalue weighted by Crippen LogP contribution is -2.70. The largest absolute Gasteiger partial charge is 0.504 e. The van der Waals surface area contributed by atoms with Crippen LogP contribution in [-0.4, -0.2) is 53.6 Å². The van der Waals surface area contributed by atoms with Gasteiger partial charge in [-0.15, -0.1) is 0 Å². The molecule has 1 spiro atoms. The molecule has 22 heavy (non-hydrogen) atoms. The van der Waals surface area contributed by atoms with Crippen LogP contribution in [0.15, 0.2) is 24.3 Å². The first kappa shape index (κ1) is 13.0. The number of likely N-dealkylation sites (N-methyl/N-ethyl adjacent to an activating group) is 1. The fourth-order valence-corrected chi connectivity index (χ4v) is 5.60. The Morgan fingerprint density at radius 1 is 1.27 bits per heavy atom. The Balaban J connectivity index is 1.84. The van der Waals surface area contributed by atoms with Gasteiger partial charge in [0.2, 0.25) is 0 Å². The number of rotatable bonds is 0. The van der Waals surface area contributed by atoms with Gasteiger partial charge in [-0.2, -0.15) is 0 Å². The third-order valence-electron chi connectivity index (χ3n) is 6.70. The molecule has 0 radical (unpaired) electrons. The smallest absolute Gasteiger partial charge is 0.165 e. The van der Waals surface area contributed by atoms with Gasteiger partial charge in [0.25, 0.3) is 0 Å². The third-order valence-corrected chi connectivity index (χ3v) is 6.70. The van der Waals surface area contributed by atoms with E-state index in [1.807, 2.05) is 6.08 Å². The van der Waals surface area contributed by atoms with Gasteiger partial charge in [-0.25, -0.2) is 0 Å². The van der Waals surface area contributed by atoms with Crippen LogP contribution in [0, 0.1) is 5.92 Å². The third kappa shape index (κ3) is 1.24. The molecule has 2 N–H and O–H groups in total. The first-order chi connectivity index (χ1) is 10.4. The number of nitrogens with zero attached hydrogens (tertiary/aromatic N) is 1. The fraction of sp³-hybridized carbons (Fsp3) is 0.556. The van der Waals surface area contributed by atoms with Crippen molar-refractivity contribution in [3.05, 3.63) is 35.4 Å². The van der Waals surface area contributed by atoms with E-state index >= 15 is 0 Å². The van der Waals surface area contributed by atoms with Crippen molar-refractivity contribution >= 4 is 0 Å². The predicted molar refractivity (Wildman–Crippen MR) is 81.9 cm³/mol. The Morgan fingerprint density at radius 3 is 2.91 bits per heavy atom. The minimum atomic E-state index is -0.594. The molecule has 2 bridgehead atoms. The average Bonchev–Trinajstić information content (AvgIpc) is 2.84. The van der Waals surface area contributed by atoms with Crippen molar-refractivity contribution < 1.29 is 19.4 Å². The van der Waals surface area contributed by atoms with Gasteiger partial charge in [0.1, 0.15) is 18.2 Å². The van der Waals surface area contributed by atoms with E-state index in [4.69, 9.17) is 4.74 Å². The SMILES string of the molecule is C[N+]1(C)CC[C@]23c4c5ccc(O)c4O[C@H]2[C@@H](O)C=C[C@H]3C1C5. The second-order valence-electron chi connectivity index (χ2n) is 7.95. The summed E-state index contributed by atoms with van der Waals surface area (Å²) in [6.07, 6.45) is 5.28. The maximum atomic E-state index is 10.5. The van der Waals surface area contributed by atoms with Crippen molar-refractivity contribution in [2.45, 2.75) is 36.5 Å². The summed E-state index contributed by atoms with van der Waals surface area (Å²) in [5.74, 6) is 1.22. The molecule has 4 heteroatoms. The van der Waals surface area contributed by atoms with Gasteiger partial charge in [-0.1, -0.05) is 18.2 Å². The molecule has 1 aromatic carbocycles. The summed E-state index contributed by atoms with van der Waals surface area (Å²) in [4.78, 5) is 0. The number of benzene rings is 1. The van der Waals surface area contributed by atoms with Crippen molar-refractivity contribution in [2.75, 3.05) is 20.6 Å². The number of ether oxygens (including phenoxy) is 1. The number of likely N-dealkylation sites (tertiary alicyclic amines) is 1.